The van der Waals surface area contributed by atoms with Gasteiger partial charge in [-0.15, -0.1) is 0 Å². The minimum absolute atomic E-state index is 0.247. The summed E-state index contributed by atoms with van der Waals surface area (Å²) in [5.41, 5.74) is 1.38. The van der Waals surface area contributed by atoms with E-state index in [9.17, 15) is 8.42 Å². The van der Waals surface area contributed by atoms with Crippen molar-refractivity contribution in [3.05, 3.63) is 54.4 Å². The van der Waals surface area contributed by atoms with Gasteiger partial charge >= 0.3 is 0 Å². The van der Waals surface area contributed by atoms with Crippen LogP contribution in [-0.4, -0.2) is 19.9 Å². The summed E-state index contributed by atoms with van der Waals surface area (Å²) >= 11 is 0. The molecule has 0 aliphatic rings. The average Bonchev–Trinajstić information content (AvgIpc) is 2.46. The molecule has 0 bridgehead atoms. The van der Waals surface area contributed by atoms with E-state index in [0.717, 1.165) is 12.1 Å². The van der Waals surface area contributed by atoms with E-state index in [4.69, 9.17) is 0 Å². The molecular formula is C14H17N3O2S. The van der Waals surface area contributed by atoms with Crippen molar-refractivity contribution in [1.82, 2.24) is 10.3 Å². The van der Waals surface area contributed by atoms with E-state index >= 15 is 0 Å². The molecule has 20 heavy (non-hydrogen) atoms. The van der Waals surface area contributed by atoms with Crippen LogP contribution in [-0.2, 0) is 16.6 Å². The molecule has 0 spiro atoms. The minimum atomic E-state index is -3.58. The van der Waals surface area contributed by atoms with Crippen molar-refractivity contribution >= 4 is 15.7 Å². The van der Waals surface area contributed by atoms with E-state index in [-0.39, 0.29) is 4.90 Å². The van der Waals surface area contributed by atoms with Gasteiger partial charge in [0, 0.05) is 12.7 Å². The standard InChI is InChI=1S/C14H17N3O2S/c1-2-15-10-12-5-3-7-14(9-12)20(18,19)17-13-6-4-8-16-11-13/h3-9,11,15,17H,2,10H2,1H3. The van der Waals surface area contributed by atoms with Crippen LogP contribution < -0.4 is 10.0 Å². The van der Waals surface area contributed by atoms with Gasteiger partial charge < -0.3 is 5.32 Å². The van der Waals surface area contributed by atoms with Crippen LogP contribution in [0.2, 0.25) is 0 Å². The Balaban J connectivity index is 2.21. The number of hydrogen-bond acceptors (Lipinski definition) is 4. The van der Waals surface area contributed by atoms with E-state index in [1.165, 1.54) is 6.20 Å². The Morgan fingerprint density at radius 2 is 2.05 bits per heavy atom. The molecule has 0 radical (unpaired) electrons. The number of pyridine rings is 1. The third-order valence-electron chi connectivity index (χ3n) is 2.70. The van der Waals surface area contributed by atoms with Crippen molar-refractivity contribution < 1.29 is 8.42 Å². The summed E-state index contributed by atoms with van der Waals surface area (Å²) in [6, 6.07) is 10.2. The van der Waals surface area contributed by atoms with Gasteiger partial charge in [0.05, 0.1) is 16.8 Å². The predicted octanol–water partition coefficient (Wildman–Crippen LogP) is 1.99. The van der Waals surface area contributed by atoms with Crippen molar-refractivity contribution in [2.75, 3.05) is 11.3 Å². The Morgan fingerprint density at radius 3 is 2.75 bits per heavy atom. The van der Waals surface area contributed by atoms with Gasteiger partial charge in [-0.3, -0.25) is 9.71 Å². The van der Waals surface area contributed by atoms with E-state index < -0.39 is 10.0 Å². The van der Waals surface area contributed by atoms with E-state index in [0.29, 0.717) is 12.2 Å². The third kappa shape index (κ3) is 3.79. The molecule has 0 unspecified atom stereocenters. The molecule has 0 aliphatic carbocycles. The highest BCUT2D eigenvalue weighted by molar-refractivity contribution is 7.92. The molecule has 0 amide bonds. The van der Waals surface area contributed by atoms with Gasteiger partial charge in [0.15, 0.2) is 0 Å². The Hall–Kier alpha value is -1.92. The number of nitrogens with one attached hydrogen (secondary N) is 2. The fraction of sp³-hybridized carbons (Fsp3) is 0.214. The summed E-state index contributed by atoms with van der Waals surface area (Å²) in [6.07, 6.45) is 3.06. The number of aromatic nitrogens is 1. The summed E-state index contributed by atoms with van der Waals surface area (Å²) in [5, 5.41) is 3.17. The smallest absolute Gasteiger partial charge is 0.261 e. The minimum Gasteiger partial charge on any atom is -0.313 e. The average molecular weight is 291 g/mol. The molecule has 1 heterocycles. The number of hydrogen-bond donors (Lipinski definition) is 2. The Labute approximate surface area is 119 Å². The molecular weight excluding hydrogens is 274 g/mol. The fourth-order valence-corrected chi connectivity index (χ4v) is 2.84. The van der Waals surface area contributed by atoms with Crippen LogP contribution in [0, 0.1) is 0 Å². The first-order chi connectivity index (χ1) is 9.62. The van der Waals surface area contributed by atoms with E-state index in [1.54, 1.807) is 36.5 Å². The summed E-state index contributed by atoms with van der Waals surface area (Å²) in [7, 11) is -3.58. The lowest BCUT2D eigenvalue weighted by Crippen LogP contribution is -2.15. The zero-order valence-corrected chi connectivity index (χ0v) is 12.0. The van der Waals surface area contributed by atoms with Gasteiger partial charge in [-0.05, 0) is 36.4 Å². The highest BCUT2D eigenvalue weighted by Gasteiger charge is 2.14. The second kappa shape index (κ2) is 6.49. The van der Waals surface area contributed by atoms with Crippen LogP contribution in [0.3, 0.4) is 0 Å². The van der Waals surface area contributed by atoms with Gasteiger partial charge in [-0.25, -0.2) is 8.42 Å². The van der Waals surface area contributed by atoms with Crippen molar-refractivity contribution in [2.24, 2.45) is 0 Å². The molecule has 5 nitrogen and oxygen atoms in total. The monoisotopic (exact) mass is 291 g/mol. The number of rotatable bonds is 6. The topological polar surface area (TPSA) is 71.1 Å². The Morgan fingerprint density at radius 1 is 1.20 bits per heavy atom. The lowest BCUT2D eigenvalue weighted by molar-refractivity contribution is 0.601. The number of benzene rings is 1. The maximum atomic E-state index is 12.3. The summed E-state index contributed by atoms with van der Waals surface area (Å²) in [4.78, 5) is 4.13. The van der Waals surface area contributed by atoms with Crippen LogP contribution in [0.1, 0.15) is 12.5 Å². The Bertz CT molecular complexity index is 657. The fourth-order valence-electron chi connectivity index (χ4n) is 1.73. The molecule has 2 aromatic rings. The largest absolute Gasteiger partial charge is 0.313 e. The second-order valence-electron chi connectivity index (χ2n) is 4.27. The first-order valence-corrected chi connectivity index (χ1v) is 7.82. The number of sulfonamides is 1. The van der Waals surface area contributed by atoms with Gasteiger partial charge in [0.25, 0.3) is 10.0 Å². The first-order valence-electron chi connectivity index (χ1n) is 6.34. The highest BCUT2D eigenvalue weighted by atomic mass is 32.2. The SMILES string of the molecule is CCNCc1cccc(S(=O)(=O)Nc2cccnc2)c1. The third-order valence-corrected chi connectivity index (χ3v) is 4.08. The number of anilines is 1. The van der Waals surface area contributed by atoms with Crippen LogP contribution in [0.4, 0.5) is 5.69 Å². The molecule has 0 atom stereocenters. The molecule has 1 aromatic heterocycles. The van der Waals surface area contributed by atoms with Crippen LogP contribution in [0.25, 0.3) is 0 Å². The van der Waals surface area contributed by atoms with Gasteiger partial charge in [0.2, 0.25) is 0 Å². The molecule has 106 valence electrons. The maximum absolute atomic E-state index is 12.3. The molecule has 1 aromatic carbocycles. The van der Waals surface area contributed by atoms with Gasteiger partial charge in [-0.2, -0.15) is 0 Å². The summed E-state index contributed by atoms with van der Waals surface area (Å²) < 4.78 is 27.0. The summed E-state index contributed by atoms with van der Waals surface area (Å²) in [6.45, 7) is 3.49. The molecule has 2 rings (SSSR count). The summed E-state index contributed by atoms with van der Waals surface area (Å²) in [5.74, 6) is 0. The molecule has 6 heteroatoms. The molecule has 0 fully saturated rings. The molecule has 0 saturated heterocycles. The van der Waals surface area contributed by atoms with Crippen molar-refractivity contribution in [3.8, 4) is 0 Å². The van der Waals surface area contributed by atoms with Gasteiger partial charge in [-0.1, -0.05) is 19.1 Å². The second-order valence-corrected chi connectivity index (χ2v) is 5.96. The van der Waals surface area contributed by atoms with Crippen LogP contribution >= 0.6 is 0 Å². The first kappa shape index (κ1) is 14.5. The van der Waals surface area contributed by atoms with Crippen molar-refractivity contribution in [2.45, 2.75) is 18.4 Å². The molecule has 0 saturated carbocycles. The molecule has 0 aliphatic heterocycles. The van der Waals surface area contributed by atoms with E-state index in [1.807, 2.05) is 13.0 Å². The van der Waals surface area contributed by atoms with Gasteiger partial charge in [0.1, 0.15) is 0 Å². The highest BCUT2D eigenvalue weighted by Crippen LogP contribution is 2.16. The lowest BCUT2D eigenvalue weighted by Gasteiger charge is -2.09. The van der Waals surface area contributed by atoms with E-state index in [2.05, 4.69) is 15.0 Å². The predicted molar refractivity (Wildman–Crippen MR) is 78.9 cm³/mol. The van der Waals surface area contributed by atoms with Crippen LogP contribution in [0.5, 0.6) is 0 Å². The maximum Gasteiger partial charge on any atom is 0.261 e. The zero-order valence-electron chi connectivity index (χ0n) is 11.2. The Kier molecular flexibility index (Phi) is 4.70. The number of nitrogens with zero attached hydrogens (tertiary/aromatic N) is 1. The van der Waals surface area contributed by atoms with Crippen LogP contribution in [0.15, 0.2) is 53.7 Å². The lowest BCUT2D eigenvalue weighted by atomic mass is 10.2. The zero-order chi connectivity index (χ0) is 14.4. The quantitative estimate of drug-likeness (QED) is 0.854. The van der Waals surface area contributed by atoms with Crippen molar-refractivity contribution in [3.63, 3.8) is 0 Å². The normalized spacial score (nSPS) is 11.2. The molecule has 2 N–H and O–H groups in total. The van der Waals surface area contributed by atoms with Crippen molar-refractivity contribution in [1.29, 1.82) is 0 Å².